The van der Waals surface area contributed by atoms with Gasteiger partial charge < -0.3 is 9.13 Å². The average molecular weight is 1350 g/mol. The van der Waals surface area contributed by atoms with Gasteiger partial charge in [0, 0.05) is 76.7 Å². The van der Waals surface area contributed by atoms with Crippen LogP contribution in [0.4, 0.5) is 0 Å². The second-order valence-corrected chi connectivity index (χ2v) is 26.9. The highest BCUT2D eigenvalue weighted by molar-refractivity contribution is 6.27. The second kappa shape index (κ2) is 25.9. The minimum Gasteiger partial charge on any atom is -0.309 e. The Morgan fingerprint density at radius 1 is 0.160 bits per heavy atom. The topological polar surface area (TPSA) is 71.3 Å². The van der Waals surface area contributed by atoms with Crippen LogP contribution in [0.5, 0.6) is 0 Å². The molecule has 0 unspecified atom stereocenters. The van der Waals surface area contributed by atoms with Crippen LogP contribution in [0.2, 0.25) is 0 Å². The molecule has 0 saturated heterocycles. The highest BCUT2D eigenvalue weighted by Crippen LogP contribution is 2.45. The van der Waals surface area contributed by atoms with E-state index in [2.05, 4.69) is 400 Å². The average Bonchev–Trinajstić information content (AvgIpc) is 1.55. The molecule has 0 bridgehead atoms. The molecule has 15 aromatic carbocycles. The van der Waals surface area contributed by atoms with E-state index in [9.17, 15) is 0 Å². The zero-order chi connectivity index (χ0) is 70.0. The van der Waals surface area contributed by atoms with E-state index in [0.717, 1.165) is 94.8 Å². The van der Waals surface area contributed by atoms with E-state index in [1.54, 1.807) is 0 Å². The molecule has 0 saturated carbocycles. The molecule has 6 aromatic heterocycles. The van der Waals surface area contributed by atoms with Crippen LogP contribution >= 0.6 is 0 Å². The monoisotopic (exact) mass is 1350 g/mol. The highest BCUT2D eigenvalue weighted by atomic mass is 15.2. The third kappa shape index (κ3) is 10.6. The first-order valence-electron chi connectivity index (χ1n) is 35.9. The summed E-state index contributed by atoms with van der Waals surface area (Å²) in [5, 5.41) is 9.56. The molecule has 0 N–H and O–H groups in total. The van der Waals surface area contributed by atoms with E-state index in [0.29, 0.717) is 11.9 Å². The Morgan fingerprint density at radius 3 is 0.830 bits per heavy atom. The molecule has 21 aromatic rings. The van der Waals surface area contributed by atoms with Gasteiger partial charge >= 0.3 is 0 Å². The van der Waals surface area contributed by atoms with E-state index in [1.165, 1.54) is 82.2 Å². The lowest BCUT2D eigenvalue weighted by Crippen LogP contribution is -2.04. The van der Waals surface area contributed by atoms with E-state index < -0.39 is 0 Å². The van der Waals surface area contributed by atoms with Gasteiger partial charge in [0.05, 0.1) is 66.9 Å². The van der Waals surface area contributed by atoms with Crippen molar-refractivity contribution < 1.29 is 0 Å². The number of nitrogens with zero attached hydrogens (tertiary/aromatic N) is 8. The van der Waals surface area contributed by atoms with Gasteiger partial charge in [0.1, 0.15) is 0 Å². The molecule has 106 heavy (non-hydrogen) atoms. The van der Waals surface area contributed by atoms with Crippen LogP contribution in [-0.2, 0) is 0 Å². The molecular formula is C98H64N8. The van der Waals surface area contributed by atoms with E-state index in [1.807, 2.05) is 6.07 Å². The molecule has 21 rings (SSSR count). The SMILES string of the molecule is c1ccc(-c2ccc(-c3cc(-c4ccc(-c5ccccc5)cc4)nc(-n4c5ccccc5c5c4ccc4c6ccccc6n(-c6ccccc6)c45)n3)cc2)cc1.c1ccc(-c2cccc(-c3cc(-c4ccccc4)nc(-n4c5ccccc5c5c4ccc4c6ccccc6n(-c6ccccc6)c45)n3)c2)cc1. The van der Waals surface area contributed by atoms with Crippen LogP contribution in [0.15, 0.2) is 388 Å². The number of fused-ring (bicyclic) bond motifs is 14. The number of benzene rings is 15. The summed E-state index contributed by atoms with van der Waals surface area (Å²) in [6, 6.07) is 137. The zero-order valence-corrected chi connectivity index (χ0v) is 57.5. The summed E-state index contributed by atoms with van der Waals surface area (Å²) in [4.78, 5) is 21.4. The quantitative estimate of drug-likeness (QED) is 0.129. The molecule has 0 aliphatic rings. The zero-order valence-electron chi connectivity index (χ0n) is 57.5. The maximum Gasteiger partial charge on any atom is 0.235 e. The molecule has 8 nitrogen and oxygen atoms in total. The smallest absolute Gasteiger partial charge is 0.235 e. The van der Waals surface area contributed by atoms with Crippen molar-refractivity contribution in [2.45, 2.75) is 0 Å². The third-order valence-corrected chi connectivity index (χ3v) is 20.7. The summed E-state index contributed by atoms with van der Waals surface area (Å²) < 4.78 is 9.31. The molecule has 0 radical (unpaired) electrons. The summed E-state index contributed by atoms with van der Waals surface area (Å²) in [5.74, 6) is 1.27. The number of para-hydroxylation sites is 6. The fourth-order valence-electron chi connectivity index (χ4n) is 15.8. The predicted octanol–water partition coefficient (Wildman–Crippen LogP) is 25.0. The lowest BCUT2D eigenvalue weighted by Gasteiger charge is -2.13. The van der Waals surface area contributed by atoms with Crippen LogP contribution in [0.1, 0.15) is 0 Å². The standard InChI is InChI=1S/C52H34N4.C46H30N4/c1-4-14-35(15-5-1)37-24-28-39(29-25-37)45-34-46(40-30-26-38(27-31-40)36-16-6-2-7-17-36)54-52(53-45)56-48-23-13-11-21-44(48)50-49(56)33-32-43-42-20-10-12-22-47(42)55(51(43)50)41-18-8-3-9-19-41;1-4-15-31(16-5-1)33-19-14-20-34(29-33)40-30-39(32-17-6-2-7-18-32)47-46(48-40)50-42-26-13-11-24-38(42)44-43(50)28-27-37-36-23-10-12-25-41(36)49(45(37)44)35-21-8-3-9-22-35/h1-34H;1-30H. The van der Waals surface area contributed by atoms with E-state index in [-0.39, 0.29) is 0 Å². The second-order valence-electron chi connectivity index (χ2n) is 26.9. The van der Waals surface area contributed by atoms with Gasteiger partial charge in [-0.25, -0.2) is 19.9 Å². The highest BCUT2D eigenvalue weighted by Gasteiger charge is 2.26. The van der Waals surface area contributed by atoms with Crippen molar-refractivity contribution in [3.8, 4) is 102 Å². The van der Waals surface area contributed by atoms with Crippen molar-refractivity contribution in [3.63, 3.8) is 0 Å². The van der Waals surface area contributed by atoms with Crippen LogP contribution < -0.4 is 0 Å². The summed E-state index contributed by atoms with van der Waals surface area (Å²) in [5.41, 5.74) is 25.9. The summed E-state index contributed by atoms with van der Waals surface area (Å²) in [7, 11) is 0. The Labute approximate surface area is 611 Å². The van der Waals surface area contributed by atoms with Crippen molar-refractivity contribution in [1.29, 1.82) is 0 Å². The van der Waals surface area contributed by atoms with Crippen LogP contribution in [0.25, 0.3) is 189 Å². The molecule has 0 atom stereocenters. The summed E-state index contributed by atoms with van der Waals surface area (Å²) in [6.45, 7) is 0. The van der Waals surface area contributed by atoms with E-state index in [4.69, 9.17) is 19.9 Å². The van der Waals surface area contributed by atoms with Crippen molar-refractivity contribution in [2.75, 3.05) is 0 Å². The molecule has 0 spiro atoms. The molecule has 0 amide bonds. The number of aromatic nitrogens is 8. The fraction of sp³-hybridized carbons (Fsp3) is 0. The van der Waals surface area contributed by atoms with Gasteiger partial charge in [0.25, 0.3) is 0 Å². The largest absolute Gasteiger partial charge is 0.309 e. The molecule has 8 heteroatoms. The first kappa shape index (κ1) is 61.5. The molecule has 0 fully saturated rings. The lowest BCUT2D eigenvalue weighted by molar-refractivity contribution is 0.995. The van der Waals surface area contributed by atoms with Gasteiger partial charge in [-0.3, -0.25) is 9.13 Å². The molecule has 6 heterocycles. The lowest BCUT2D eigenvalue weighted by atomic mass is 10.0. The maximum atomic E-state index is 5.39. The van der Waals surface area contributed by atoms with E-state index >= 15 is 0 Å². The third-order valence-electron chi connectivity index (χ3n) is 20.7. The molecule has 0 aliphatic heterocycles. The van der Waals surface area contributed by atoms with Gasteiger partial charge in [-0.05, 0) is 112 Å². The Balaban J connectivity index is 0.000000141. The van der Waals surface area contributed by atoms with Gasteiger partial charge in [0.15, 0.2) is 0 Å². The van der Waals surface area contributed by atoms with Gasteiger partial charge in [-0.1, -0.05) is 309 Å². The minimum atomic E-state index is 0.629. The summed E-state index contributed by atoms with van der Waals surface area (Å²) >= 11 is 0. The van der Waals surface area contributed by atoms with Crippen molar-refractivity contribution in [2.24, 2.45) is 0 Å². The number of hydrogen-bond donors (Lipinski definition) is 0. The first-order valence-corrected chi connectivity index (χ1v) is 35.9. The molecular weight excluding hydrogens is 1290 g/mol. The van der Waals surface area contributed by atoms with Gasteiger partial charge in [-0.15, -0.1) is 0 Å². The minimum absolute atomic E-state index is 0.629. The van der Waals surface area contributed by atoms with Crippen molar-refractivity contribution in [3.05, 3.63) is 388 Å². The Morgan fingerprint density at radius 2 is 0.434 bits per heavy atom. The van der Waals surface area contributed by atoms with Crippen molar-refractivity contribution in [1.82, 2.24) is 38.2 Å². The number of hydrogen-bond acceptors (Lipinski definition) is 4. The normalized spacial score (nSPS) is 11.6. The van der Waals surface area contributed by atoms with Crippen LogP contribution in [0.3, 0.4) is 0 Å². The predicted molar refractivity (Wildman–Crippen MR) is 439 cm³/mol. The number of rotatable bonds is 11. The summed E-state index contributed by atoms with van der Waals surface area (Å²) in [6.07, 6.45) is 0. The Kier molecular flexibility index (Phi) is 15.0. The van der Waals surface area contributed by atoms with Gasteiger partial charge in [-0.2, -0.15) is 0 Å². The maximum absolute atomic E-state index is 5.39. The van der Waals surface area contributed by atoms with Crippen LogP contribution in [0, 0.1) is 0 Å². The molecule has 496 valence electrons. The fourth-order valence-corrected chi connectivity index (χ4v) is 15.8. The Hall–Kier alpha value is -14.3. The van der Waals surface area contributed by atoms with Gasteiger partial charge in [0.2, 0.25) is 11.9 Å². The first-order chi connectivity index (χ1) is 52.6. The Bertz CT molecular complexity index is 6780. The van der Waals surface area contributed by atoms with Crippen LogP contribution in [-0.4, -0.2) is 38.2 Å². The van der Waals surface area contributed by atoms with Crippen molar-refractivity contribution >= 4 is 87.2 Å². The molecule has 0 aliphatic carbocycles.